The van der Waals surface area contributed by atoms with Crippen LogP contribution in [0.4, 0.5) is 56.2 Å². The summed E-state index contributed by atoms with van der Waals surface area (Å²) in [6, 6.07) is 21.2. The summed E-state index contributed by atoms with van der Waals surface area (Å²) < 4.78 is 14.7. The number of nitrogens with one attached hydrogen (secondary N) is 6. The van der Waals surface area contributed by atoms with Crippen LogP contribution in [0.3, 0.4) is 0 Å². The van der Waals surface area contributed by atoms with Gasteiger partial charge < -0.3 is 72.2 Å². The van der Waals surface area contributed by atoms with E-state index in [1.54, 1.807) is 66.6 Å². The Kier molecular flexibility index (Phi) is 27.0. The molecule has 0 unspecified atom stereocenters. The van der Waals surface area contributed by atoms with E-state index < -0.39 is 10.7 Å². The maximum atomic E-state index is 14.7. The first-order valence-electron chi connectivity index (χ1n) is 35.4. The van der Waals surface area contributed by atoms with Gasteiger partial charge in [0.25, 0.3) is 11.5 Å². The predicted octanol–water partition coefficient (Wildman–Crippen LogP) is 10.0. The van der Waals surface area contributed by atoms with Crippen LogP contribution in [0.5, 0.6) is 0 Å². The fourth-order valence-corrected chi connectivity index (χ4v) is 13.1. The van der Waals surface area contributed by atoms with Gasteiger partial charge in [0.2, 0.25) is 0 Å². The number of fused-ring (bicyclic) bond motifs is 4. The van der Waals surface area contributed by atoms with Gasteiger partial charge in [-0.1, -0.05) is 45.5 Å². The molecule has 104 heavy (non-hydrogen) atoms. The molecule has 12 N–H and O–H groups in total. The predicted molar refractivity (Wildman–Crippen MR) is 413 cm³/mol. The van der Waals surface area contributed by atoms with Crippen molar-refractivity contribution in [1.29, 1.82) is 0 Å². The maximum Gasteiger partial charge on any atom is 0.310 e. The minimum absolute atomic E-state index is 0. The molecule has 0 aliphatic carbocycles. The number of rotatable bonds is 9. The van der Waals surface area contributed by atoms with Crippen LogP contribution in [0.2, 0.25) is 0 Å². The number of benzene rings is 2. The van der Waals surface area contributed by atoms with Crippen molar-refractivity contribution in [3.8, 4) is 0 Å². The zero-order valence-corrected chi connectivity index (χ0v) is 57.5. The number of halogens is 1. The molecule has 6 fully saturated rings. The number of hydrogen-bond donors (Lipinski definition) is 9. The smallest absolute Gasteiger partial charge is 0.310 e. The number of carbonyl (C=O) groups is 1. The molecule has 550 valence electrons. The Morgan fingerprint density at radius 3 is 1.37 bits per heavy atom. The first-order valence-corrected chi connectivity index (χ1v) is 35.4. The number of aromatic amines is 4. The van der Waals surface area contributed by atoms with Crippen LogP contribution in [-0.2, 0) is 6.42 Å². The summed E-state index contributed by atoms with van der Waals surface area (Å²) >= 11 is 0. The van der Waals surface area contributed by atoms with Crippen molar-refractivity contribution < 1.29 is 14.1 Å². The van der Waals surface area contributed by atoms with Crippen LogP contribution in [0.15, 0.2) is 128 Å². The number of anilines is 8. The molecule has 15 heterocycles. The van der Waals surface area contributed by atoms with E-state index in [4.69, 9.17) is 17.2 Å². The molecule has 1 amide bonds. The molecule has 6 saturated heterocycles. The molecular formula is C74H98FN25O4. The fourth-order valence-electron chi connectivity index (χ4n) is 13.1. The average Bonchev–Trinajstić information content (AvgIpc) is 1.77. The normalized spacial score (nSPS) is 16.0. The summed E-state index contributed by atoms with van der Waals surface area (Å²) in [5.74, 6) is 3.68. The third kappa shape index (κ3) is 19.7. The number of nitrogens with two attached hydrogens (primary N) is 3. The Labute approximate surface area is 604 Å². The van der Waals surface area contributed by atoms with Crippen molar-refractivity contribution in [2.24, 2.45) is 0 Å². The standard InChI is InChI=1S/C26H22FN7O2.C11H14N4.C10H13N5.C10H14N4O2.C10H16N4.C5H11N.2CH4/c27-20-6-5-16(12-21-17-3-1-2-4-18(17)25(35)32-31-21)11-19(20)26(36)34-9-7-33(8-10-34)24-13-22-23(14-28-24)30-15-29-22;1-2-4-15(5-3-1)11-6-9-10(7-12-11)14-8-13-9;1-3-15(4-2-11-1)10-5-8-9(6-12-10)14-7-13-8;11-8-6-10(12-7-9(8)14(15)16)13-4-2-1-3-5-13;11-8-6-10(13-7-9(8)12)14-4-2-1-3-5-14;1-2-4-6-5-3-1;;/h1-6,11,13-15H,7-10,12H2,(H,29,30)(H,32,35);6-8H,1-5H2,(H,13,14);5-7,11H,1-4H2,(H,13,14);6-7H,1-5H2,(H2,11,12);6-7H,1-5,12H2,(H2,11,13);6H,1-5H2;2*1H4. The summed E-state index contributed by atoms with van der Waals surface area (Å²) in [5, 5.41) is 25.2. The highest BCUT2D eigenvalue weighted by Gasteiger charge is 2.26. The Hall–Kier alpha value is -11.1. The number of nitrogens with zero attached hydrogens (tertiary/aromatic N) is 16. The van der Waals surface area contributed by atoms with Crippen LogP contribution in [0, 0.1) is 15.9 Å². The van der Waals surface area contributed by atoms with Crippen LogP contribution >= 0.6 is 0 Å². The van der Waals surface area contributed by atoms with Crippen molar-refractivity contribution in [2.75, 3.05) is 146 Å². The summed E-state index contributed by atoms with van der Waals surface area (Å²) in [6.45, 7) is 15.0. The van der Waals surface area contributed by atoms with Crippen molar-refractivity contribution in [1.82, 2.24) is 80.6 Å². The van der Waals surface area contributed by atoms with Crippen molar-refractivity contribution in [3.63, 3.8) is 0 Å². The molecule has 0 saturated carbocycles. The second-order valence-corrected chi connectivity index (χ2v) is 25.9. The van der Waals surface area contributed by atoms with Gasteiger partial charge >= 0.3 is 5.69 Å². The van der Waals surface area contributed by atoms with Crippen LogP contribution in [0.1, 0.15) is 114 Å². The largest absolute Gasteiger partial charge is 0.397 e. The summed E-state index contributed by atoms with van der Waals surface area (Å²) in [5.41, 5.74) is 25.1. The second kappa shape index (κ2) is 37.2. The van der Waals surface area contributed by atoms with Gasteiger partial charge in [-0.3, -0.25) is 19.7 Å². The van der Waals surface area contributed by atoms with Gasteiger partial charge in [0.15, 0.2) is 0 Å². The summed E-state index contributed by atoms with van der Waals surface area (Å²) in [4.78, 5) is 91.8. The molecule has 29 nitrogen and oxygen atoms in total. The van der Waals surface area contributed by atoms with Crippen LogP contribution in [0.25, 0.3) is 43.9 Å². The highest BCUT2D eigenvalue weighted by Crippen LogP contribution is 2.29. The summed E-state index contributed by atoms with van der Waals surface area (Å²) in [6.07, 6.45) is 29.2. The maximum absolute atomic E-state index is 14.7. The van der Waals surface area contributed by atoms with E-state index in [-0.39, 0.29) is 43.3 Å². The molecular weight excluding hydrogens is 1320 g/mol. The number of hydrogen-bond acceptors (Lipinski definition) is 23. The molecule has 0 spiro atoms. The summed E-state index contributed by atoms with van der Waals surface area (Å²) in [7, 11) is 0. The number of carbonyl (C=O) groups excluding carboxylic acids is 1. The Morgan fingerprint density at radius 2 is 0.904 bits per heavy atom. The van der Waals surface area contributed by atoms with Crippen LogP contribution < -0.4 is 57.9 Å². The number of aromatic nitrogens is 13. The molecule has 6 aliphatic heterocycles. The second-order valence-electron chi connectivity index (χ2n) is 25.9. The van der Waals surface area contributed by atoms with Crippen molar-refractivity contribution >= 4 is 102 Å². The number of amides is 1. The van der Waals surface area contributed by atoms with E-state index in [2.05, 4.69) is 106 Å². The van der Waals surface area contributed by atoms with E-state index >= 15 is 0 Å². The van der Waals surface area contributed by atoms with Gasteiger partial charge in [0.1, 0.15) is 46.8 Å². The molecule has 6 aliphatic rings. The van der Waals surface area contributed by atoms with E-state index in [0.29, 0.717) is 55.1 Å². The molecule has 30 heteroatoms. The lowest BCUT2D eigenvalue weighted by Crippen LogP contribution is -2.49. The van der Waals surface area contributed by atoms with E-state index in [0.717, 1.165) is 151 Å². The van der Waals surface area contributed by atoms with Gasteiger partial charge in [-0.25, -0.2) is 49.4 Å². The van der Waals surface area contributed by atoms with E-state index in [9.17, 15) is 24.1 Å². The third-order valence-electron chi connectivity index (χ3n) is 18.9. The Bertz CT molecular complexity index is 4500. The highest BCUT2D eigenvalue weighted by atomic mass is 19.1. The Morgan fingerprint density at radius 1 is 0.471 bits per heavy atom. The molecule has 17 rings (SSSR count). The minimum atomic E-state index is -0.559. The lowest BCUT2D eigenvalue weighted by Gasteiger charge is -2.35. The lowest BCUT2D eigenvalue weighted by atomic mass is 10.0. The number of nitro groups is 1. The third-order valence-corrected chi connectivity index (χ3v) is 18.9. The lowest BCUT2D eigenvalue weighted by molar-refractivity contribution is -0.384. The zero-order chi connectivity index (χ0) is 70.6. The zero-order valence-electron chi connectivity index (χ0n) is 57.5. The van der Waals surface area contributed by atoms with Gasteiger partial charge in [-0.05, 0) is 107 Å². The number of imidazole rings is 3. The highest BCUT2D eigenvalue weighted by molar-refractivity contribution is 5.95. The molecule has 0 atom stereocenters. The first kappa shape index (κ1) is 75.5. The molecule has 11 aromatic rings. The van der Waals surface area contributed by atoms with Gasteiger partial charge in [0, 0.05) is 134 Å². The number of piperidine rings is 4. The number of piperazine rings is 2. The number of pyridine rings is 5. The molecule has 9 aromatic heterocycles. The average molecular weight is 1420 g/mol. The quantitative estimate of drug-likeness (QED) is 0.0479. The monoisotopic (exact) mass is 1420 g/mol. The molecule has 0 bridgehead atoms. The van der Waals surface area contributed by atoms with E-state index in [1.807, 2.05) is 42.7 Å². The first-order chi connectivity index (χ1) is 49.9. The Balaban J connectivity index is 0.000000144. The topological polar surface area (TPSA) is 378 Å². The number of nitrogen functional groups attached to an aromatic ring is 3. The SMILES string of the molecule is C.C.C1CCNCC1.Nc1cc(N2CCCCC2)ncc1[N+](=O)[O-].Nc1cnc(N2CCCCC2)cc1N.O=C(c1cc(Cc2n[nH]c(=O)c3ccccc23)ccc1F)N1CCN(c2cc3nc[nH]c3cn2)CC1.c1nc2cc(N3CCCCC3)ncc2[nH]1.c1nc2cc(N3CCNCC3)ncc2[nH]1. The van der Waals surface area contributed by atoms with Crippen molar-refractivity contribution in [2.45, 2.75) is 98.3 Å². The van der Waals surface area contributed by atoms with Gasteiger partial charge in [-0.15, -0.1) is 0 Å². The van der Waals surface area contributed by atoms with Gasteiger partial charge in [-0.2, -0.15) is 5.10 Å². The van der Waals surface area contributed by atoms with E-state index in [1.165, 1.54) is 89.6 Å². The van der Waals surface area contributed by atoms with Gasteiger partial charge in [0.05, 0.1) is 110 Å². The van der Waals surface area contributed by atoms with Crippen LogP contribution in [-0.4, -0.2) is 185 Å². The van der Waals surface area contributed by atoms with Crippen molar-refractivity contribution in [3.05, 3.63) is 166 Å². The fraction of sp³-hybridized carbons (Fsp3) is 0.419. The minimum Gasteiger partial charge on any atom is -0.397 e. The molecule has 2 aromatic carbocycles. The molecule has 0 radical (unpaired) electrons. The number of H-pyrrole nitrogens is 4.